The van der Waals surface area contributed by atoms with Crippen molar-refractivity contribution in [3.05, 3.63) is 30.1 Å². The Hall–Kier alpha value is -0.890. The Labute approximate surface area is 105 Å². The molecule has 1 heterocycles. The Morgan fingerprint density at radius 1 is 1.24 bits per heavy atom. The molecule has 17 heavy (non-hydrogen) atoms. The van der Waals surface area contributed by atoms with E-state index < -0.39 is 0 Å². The fraction of sp³-hybridized carbons (Fsp3) is 0.667. The van der Waals surface area contributed by atoms with Gasteiger partial charge in [-0.2, -0.15) is 0 Å². The van der Waals surface area contributed by atoms with Crippen molar-refractivity contribution in [3.8, 4) is 0 Å². The average molecular weight is 232 g/mol. The molecule has 2 nitrogen and oxygen atoms in total. The van der Waals surface area contributed by atoms with E-state index in [1.807, 2.05) is 12.3 Å². The molecule has 94 valence electrons. The zero-order chi connectivity index (χ0) is 12.3. The molecule has 4 atom stereocenters. The smallest absolute Gasteiger partial charge is 0.0570 e. The van der Waals surface area contributed by atoms with Crippen LogP contribution in [0.2, 0.25) is 0 Å². The number of hydrogen-bond acceptors (Lipinski definition) is 2. The molecule has 1 aromatic rings. The number of pyridine rings is 1. The van der Waals surface area contributed by atoms with Crippen LogP contribution in [0.4, 0.5) is 0 Å². The van der Waals surface area contributed by atoms with Crippen LogP contribution in [0.3, 0.4) is 0 Å². The largest absolute Gasteiger partial charge is 0.306 e. The molecule has 0 amide bonds. The highest BCUT2D eigenvalue weighted by Crippen LogP contribution is 2.30. The van der Waals surface area contributed by atoms with Gasteiger partial charge in [0.15, 0.2) is 0 Å². The molecule has 0 aliphatic heterocycles. The molecular weight excluding hydrogens is 208 g/mol. The molecule has 4 unspecified atom stereocenters. The van der Waals surface area contributed by atoms with Gasteiger partial charge in [0, 0.05) is 18.3 Å². The molecule has 0 saturated heterocycles. The van der Waals surface area contributed by atoms with E-state index in [9.17, 15) is 0 Å². The predicted molar refractivity (Wildman–Crippen MR) is 71.8 cm³/mol. The summed E-state index contributed by atoms with van der Waals surface area (Å²) in [5.74, 6) is 1.73. The summed E-state index contributed by atoms with van der Waals surface area (Å²) in [6, 6.07) is 7.17. The first-order valence-electron chi connectivity index (χ1n) is 6.83. The summed E-state index contributed by atoms with van der Waals surface area (Å²) in [6.07, 6.45) is 5.84. The van der Waals surface area contributed by atoms with Crippen LogP contribution >= 0.6 is 0 Å². The summed E-state index contributed by atoms with van der Waals surface area (Å²) in [7, 11) is 0. The van der Waals surface area contributed by atoms with Crippen molar-refractivity contribution in [3.63, 3.8) is 0 Å². The molecule has 0 aromatic carbocycles. The fourth-order valence-corrected chi connectivity index (χ4v) is 2.77. The second kappa shape index (κ2) is 5.63. The Bertz CT molecular complexity index is 336. The number of rotatable bonds is 3. The Kier molecular flexibility index (Phi) is 4.16. The third kappa shape index (κ3) is 3.29. The van der Waals surface area contributed by atoms with E-state index in [0.29, 0.717) is 12.1 Å². The van der Waals surface area contributed by atoms with Crippen LogP contribution in [-0.4, -0.2) is 11.0 Å². The summed E-state index contributed by atoms with van der Waals surface area (Å²) in [4.78, 5) is 4.42. The first-order chi connectivity index (χ1) is 8.16. The first kappa shape index (κ1) is 12.6. The molecule has 2 heteroatoms. The summed E-state index contributed by atoms with van der Waals surface area (Å²) in [6.45, 7) is 6.97. The minimum absolute atomic E-state index is 0.363. The Morgan fingerprint density at radius 2 is 2.06 bits per heavy atom. The van der Waals surface area contributed by atoms with Crippen molar-refractivity contribution < 1.29 is 0 Å². The van der Waals surface area contributed by atoms with E-state index in [1.165, 1.54) is 19.3 Å². The summed E-state index contributed by atoms with van der Waals surface area (Å²) in [5.41, 5.74) is 1.15. The summed E-state index contributed by atoms with van der Waals surface area (Å²) in [5, 5.41) is 3.72. The monoisotopic (exact) mass is 232 g/mol. The normalized spacial score (nSPS) is 31.1. The van der Waals surface area contributed by atoms with Gasteiger partial charge in [0.2, 0.25) is 0 Å². The van der Waals surface area contributed by atoms with Crippen LogP contribution in [0, 0.1) is 11.8 Å². The minimum Gasteiger partial charge on any atom is -0.306 e. The molecule has 0 radical (unpaired) electrons. The number of nitrogens with zero attached hydrogens (tertiary/aromatic N) is 1. The van der Waals surface area contributed by atoms with E-state index in [4.69, 9.17) is 0 Å². The van der Waals surface area contributed by atoms with Gasteiger partial charge < -0.3 is 5.32 Å². The van der Waals surface area contributed by atoms with E-state index in [2.05, 4.69) is 43.2 Å². The van der Waals surface area contributed by atoms with Crippen molar-refractivity contribution >= 4 is 0 Å². The van der Waals surface area contributed by atoms with Crippen molar-refractivity contribution in [1.29, 1.82) is 0 Å². The topological polar surface area (TPSA) is 24.9 Å². The van der Waals surface area contributed by atoms with Gasteiger partial charge in [-0.15, -0.1) is 0 Å². The van der Waals surface area contributed by atoms with Gasteiger partial charge in [0.05, 0.1) is 5.69 Å². The lowest BCUT2D eigenvalue weighted by molar-refractivity contribution is 0.217. The zero-order valence-corrected chi connectivity index (χ0v) is 11.2. The molecule has 1 N–H and O–H groups in total. The number of aromatic nitrogens is 1. The summed E-state index contributed by atoms with van der Waals surface area (Å²) >= 11 is 0. The average Bonchev–Trinajstić information content (AvgIpc) is 2.35. The Balaban J connectivity index is 1.89. The van der Waals surface area contributed by atoms with Gasteiger partial charge in [-0.05, 0) is 50.2 Å². The molecule has 1 aliphatic carbocycles. The van der Waals surface area contributed by atoms with E-state index >= 15 is 0 Å². The Morgan fingerprint density at radius 3 is 2.71 bits per heavy atom. The van der Waals surface area contributed by atoms with Crippen LogP contribution in [0.5, 0.6) is 0 Å². The third-order valence-corrected chi connectivity index (χ3v) is 4.22. The molecular formula is C15H24N2. The van der Waals surface area contributed by atoms with Crippen LogP contribution in [0.15, 0.2) is 24.4 Å². The number of hydrogen-bond donors (Lipinski definition) is 1. The van der Waals surface area contributed by atoms with Crippen LogP contribution in [-0.2, 0) is 0 Å². The SMILES string of the molecule is CC(NC1CCC(C)C(C)C1)c1ccccn1. The van der Waals surface area contributed by atoms with E-state index in [1.54, 1.807) is 0 Å². The van der Waals surface area contributed by atoms with Crippen molar-refractivity contribution in [2.24, 2.45) is 11.8 Å². The predicted octanol–water partition coefficient (Wildman–Crippen LogP) is 3.56. The molecule has 1 aromatic heterocycles. The molecule has 1 fully saturated rings. The highest BCUT2D eigenvalue weighted by atomic mass is 15.0. The molecule has 2 rings (SSSR count). The highest BCUT2D eigenvalue weighted by Gasteiger charge is 2.25. The van der Waals surface area contributed by atoms with Gasteiger partial charge in [0.25, 0.3) is 0 Å². The minimum atomic E-state index is 0.363. The lowest BCUT2D eigenvalue weighted by Gasteiger charge is -2.34. The van der Waals surface area contributed by atoms with Gasteiger partial charge in [0.1, 0.15) is 0 Å². The van der Waals surface area contributed by atoms with Crippen LogP contribution < -0.4 is 5.32 Å². The lowest BCUT2D eigenvalue weighted by Crippen LogP contribution is -2.37. The van der Waals surface area contributed by atoms with Gasteiger partial charge in [-0.1, -0.05) is 19.9 Å². The van der Waals surface area contributed by atoms with Crippen molar-refractivity contribution in [2.45, 2.75) is 52.1 Å². The molecule has 0 bridgehead atoms. The number of nitrogens with one attached hydrogen (secondary N) is 1. The lowest BCUT2D eigenvalue weighted by atomic mass is 9.79. The second-order valence-electron chi connectivity index (χ2n) is 5.61. The van der Waals surface area contributed by atoms with Gasteiger partial charge >= 0.3 is 0 Å². The molecule has 0 spiro atoms. The van der Waals surface area contributed by atoms with E-state index in [-0.39, 0.29) is 0 Å². The van der Waals surface area contributed by atoms with Crippen molar-refractivity contribution in [1.82, 2.24) is 10.3 Å². The fourth-order valence-electron chi connectivity index (χ4n) is 2.77. The first-order valence-corrected chi connectivity index (χ1v) is 6.83. The van der Waals surface area contributed by atoms with Gasteiger partial charge in [-0.25, -0.2) is 0 Å². The third-order valence-electron chi connectivity index (χ3n) is 4.22. The highest BCUT2D eigenvalue weighted by molar-refractivity contribution is 5.08. The quantitative estimate of drug-likeness (QED) is 0.862. The second-order valence-corrected chi connectivity index (χ2v) is 5.61. The van der Waals surface area contributed by atoms with Gasteiger partial charge in [-0.3, -0.25) is 4.98 Å². The van der Waals surface area contributed by atoms with Crippen molar-refractivity contribution in [2.75, 3.05) is 0 Å². The maximum absolute atomic E-state index is 4.42. The zero-order valence-electron chi connectivity index (χ0n) is 11.2. The summed E-state index contributed by atoms with van der Waals surface area (Å²) < 4.78 is 0. The van der Waals surface area contributed by atoms with E-state index in [0.717, 1.165) is 17.5 Å². The molecule has 1 aliphatic rings. The maximum Gasteiger partial charge on any atom is 0.0570 e. The van der Waals surface area contributed by atoms with Crippen LogP contribution in [0.25, 0.3) is 0 Å². The standard InChI is InChI=1S/C15H24N2/c1-11-7-8-14(10-12(11)2)17-13(3)15-6-4-5-9-16-15/h4-6,9,11-14,17H,7-8,10H2,1-3H3. The maximum atomic E-state index is 4.42. The van der Waals surface area contributed by atoms with Crippen LogP contribution in [0.1, 0.15) is 51.8 Å². The molecule has 1 saturated carbocycles.